The van der Waals surface area contributed by atoms with Crippen LogP contribution in [-0.4, -0.2) is 24.0 Å². The number of hydrogen-bond acceptors (Lipinski definition) is 1. The zero-order valence-corrected chi connectivity index (χ0v) is 8.14. The van der Waals surface area contributed by atoms with Crippen LogP contribution < -0.4 is 0 Å². The van der Waals surface area contributed by atoms with E-state index >= 15 is 0 Å². The van der Waals surface area contributed by atoms with Crippen LogP contribution in [0.5, 0.6) is 0 Å². The van der Waals surface area contributed by atoms with E-state index in [0.29, 0.717) is 0 Å². The largest absolute Gasteiger partial charge is 0.300 e. The van der Waals surface area contributed by atoms with Crippen molar-refractivity contribution >= 4 is 0 Å². The molecular weight excluding hydrogens is 134 g/mol. The molecule has 11 heavy (non-hydrogen) atoms. The summed E-state index contributed by atoms with van der Waals surface area (Å²) in [5.74, 6) is 0.835. The minimum Gasteiger partial charge on any atom is -0.300 e. The molecule has 0 amide bonds. The normalized spacial score (nSPS) is 26.7. The van der Waals surface area contributed by atoms with Gasteiger partial charge in [-0.2, -0.15) is 0 Å². The molecule has 0 saturated carbocycles. The van der Waals surface area contributed by atoms with Crippen LogP contribution in [-0.2, 0) is 0 Å². The van der Waals surface area contributed by atoms with E-state index in [4.69, 9.17) is 0 Å². The van der Waals surface area contributed by atoms with E-state index < -0.39 is 0 Å². The van der Waals surface area contributed by atoms with Crippen molar-refractivity contribution in [2.75, 3.05) is 13.1 Å². The Labute approximate surface area is 70.8 Å². The Morgan fingerprint density at radius 2 is 2.18 bits per heavy atom. The van der Waals surface area contributed by atoms with Gasteiger partial charge in [0.25, 0.3) is 0 Å². The summed E-state index contributed by atoms with van der Waals surface area (Å²) in [5.41, 5.74) is 0. The first-order valence-corrected chi connectivity index (χ1v) is 4.98. The summed E-state index contributed by atoms with van der Waals surface area (Å²) in [5, 5.41) is 0. The zero-order chi connectivity index (χ0) is 8.27. The minimum atomic E-state index is 0.835. The van der Waals surface area contributed by atoms with Gasteiger partial charge in [-0.3, -0.25) is 0 Å². The minimum absolute atomic E-state index is 0.835. The molecule has 1 heterocycles. The highest BCUT2D eigenvalue weighted by atomic mass is 15.2. The van der Waals surface area contributed by atoms with E-state index in [1.54, 1.807) is 0 Å². The molecule has 0 spiro atoms. The Morgan fingerprint density at radius 1 is 1.45 bits per heavy atom. The van der Waals surface area contributed by atoms with Crippen molar-refractivity contribution in [1.29, 1.82) is 0 Å². The molecule has 0 radical (unpaired) electrons. The molecule has 1 rings (SSSR count). The number of rotatable bonds is 3. The molecule has 1 atom stereocenters. The van der Waals surface area contributed by atoms with Crippen LogP contribution in [0.1, 0.15) is 40.0 Å². The average Bonchev–Trinajstić information content (AvgIpc) is 2.34. The highest BCUT2D eigenvalue weighted by Crippen LogP contribution is 2.20. The Kier molecular flexibility index (Phi) is 3.38. The van der Waals surface area contributed by atoms with Gasteiger partial charge >= 0.3 is 0 Å². The third-order valence-electron chi connectivity index (χ3n) is 2.57. The summed E-state index contributed by atoms with van der Waals surface area (Å²) in [6.45, 7) is 9.58. The lowest BCUT2D eigenvalue weighted by Gasteiger charge is -2.24. The Hall–Kier alpha value is -0.0400. The lowest BCUT2D eigenvalue weighted by atomic mass is 10.1. The van der Waals surface area contributed by atoms with Crippen molar-refractivity contribution in [2.24, 2.45) is 5.92 Å². The molecule has 0 aliphatic carbocycles. The van der Waals surface area contributed by atoms with Crippen molar-refractivity contribution in [1.82, 2.24) is 4.90 Å². The molecule has 1 heteroatoms. The quantitative estimate of drug-likeness (QED) is 0.605. The monoisotopic (exact) mass is 155 g/mol. The predicted octanol–water partition coefficient (Wildman–Crippen LogP) is 2.52. The average molecular weight is 155 g/mol. The molecule has 0 aromatic rings. The smallest absolute Gasteiger partial charge is 0.00932 e. The fraction of sp³-hybridized carbons (Fsp3) is 1.00. The second-order valence-electron chi connectivity index (χ2n) is 4.09. The maximum atomic E-state index is 2.66. The molecule has 0 bridgehead atoms. The van der Waals surface area contributed by atoms with Gasteiger partial charge in [0.05, 0.1) is 0 Å². The molecule has 0 unspecified atom stereocenters. The van der Waals surface area contributed by atoms with Crippen LogP contribution in [0.4, 0.5) is 0 Å². The topological polar surface area (TPSA) is 3.24 Å². The van der Waals surface area contributed by atoms with E-state index in [1.165, 1.54) is 32.4 Å². The molecule has 66 valence electrons. The van der Waals surface area contributed by atoms with Gasteiger partial charge in [-0.1, -0.05) is 20.8 Å². The van der Waals surface area contributed by atoms with Gasteiger partial charge in [0.15, 0.2) is 0 Å². The number of hydrogen-bond donors (Lipinski definition) is 0. The maximum Gasteiger partial charge on any atom is 0.00932 e. The molecule has 1 aliphatic rings. The fourth-order valence-electron chi connectivity index (χ4n) is 2.07. The molecular formula is C10H21N. The maximum absolute atomic E-state index is 2.66. The van der Waals surface area contributed by atoms with Gasteiger partial charge in [0, 0.05) is 12.6 Å². The van der Waals surface area contributed by atoms with Crippen molar-refractivity contribution in [3.8, 4) is 0 Å². The predicted molar refractivity (Wildman–Crippen MR) is 49.7 cm³/mol. The Morgan fingerprint density at radius 3 is 2.73 bits per heavy atom. The summed E-state index contributed by atoms with van der Waals surface area (Å²) in [6, 6.07) is 0.900. The van der Waals surface area contributed by atoms with E-state index in [9.17, 15) is 0 Å². The fourth-order valence-corrected chi connectivity index (χ4v) is 2.07. The first kappa shape index (κ1) is 9.05. The third-order valence-corrected chi connectivity index (χ3v) is 2.57. The van der Waals surface area contributed by atoms with E-state index in [2.05, 4.69) is 25.7 Å². The summed E-state index contributed by atoms with van der Waals surface area (Å²) in [6.07, 6.45) is 4.20. The van der Waals surface area contributed by atoms with Gasteiger partial charge in [-0.05, 0) is 31.7 Å². The summed E-state index contributed by atoms with van der Waals surface area (Å²) < 4.78 is 0. The van der Waals surface area contributed by atoms with Gasteiger partial charge in [-0.15, -0.1) is 0 Å². The highest BCUT2D eigenvalue weighted by Gasteiger charge is 2.22. The third kappa shape index (κ3) is 2.48. The molecule has 0 aromatic heterocycles. The number of nitrogens with zero attached hydrogens (tertiary/aromatic N) is 1. The van der Waals surface area contributed by atoms with Gasteiger partial charge in [0.2, 0.25) is 0 Å². The summed E-state index contributed by atoms with van der Waals surface area (Å²) in [7, 11) is 0. The summed E-state index contributed by atoms with van der Waals surface area (Å²) >= 11 is 0. The first-order valence-electron chi connectivity index (χ1n) is 4.98. The van der Waals surface area contributed by atoms with Crippen LogP contribution in [0.3, 0.4) is 0 Å². The second-order valence-corrected chi connectivity index (χ2v) is 4.09. The van der Waals surface area contributed by atoms with Gasteiger partial charge < -0.3 is 4.90 Å². The SMILES string of the molecule is CC[C@H]1CCCN1CC(C)C. The molecule has 0 N–H and O–H groups in total. The van der Waals surface area contributed by atoms with Gasteiger partial charge in [0.1, 0.15) is 0 Å². The van der Waals surface area contributed by atoms with E-state index in [1.807, 2.05) is 0 Å². The first-order chi connectivity index (χ1) is 5.24. The van der Waals surface area contributed by atoms with Crippen molar-refractivity contribution in [2.45, 2.75) is 46.1 Å². The van der Waals surface area contributed by atoms with Crippen LogP contribution >= 0.6 is 0 Å². The lowest BCUT2D eigenvalue weighted by molar-refractivity contribution is 0.222. The van der Waals surface area contributed by atoms with Crippen LogP contribution in [0.15, 0.2) is 0 Å². The van der Waals surface area contributed by atoms with Crippen molar-refractivity contribution in [3.05, 3.63) is 0 Å². The van der Waals surface area contributed by atoms with E-state index in [0.717, 1.165) is 12.0 Å². The molecule has 1 fully saturated rings. The molecule has 1 aliphatic heterocycles. The Bertz CT molecular complexity index is 109. The van der Waals surface area contributed by atoms with Gasteiger partial charge in [-0.25, -0.2) is 0 Å². The Balaban J connectivity index is 2.31. The molecule has 1 saturated heterocycles. The van der Waals surface area contributed by atoms with E-state index in [-0.39, 0.29) is 0 Å². The second kappa shape index (κ2) is 4.10. The van der Waals surface area contributed by atoms with Crippen LogP contribution in [0, 0.1) is 5.92 Å². The van der Waals surface area contributed by atoms with Crippen LogP contribution in [0.2, 0.25) is 0 Å². The molecule has 1 nitrogen and oxygen atoms in total. The zero-order valence-electron chi connectivity index (χ0n) is 8.14. The standard InChI is InChI=1S/C10H21N/c1-4-10-6-5-7-11(10)8-9(2)3/h9-10H,4-8H2,1-3H3/t10-/m0/s1. The molecule has 0 aromatic carbocycles. The van der Waals surface area contributed by atoms with Crippen molar-refractivity contribution < 1.29 is 0 Å². The highest BCUT2D eigenvalue weighted by molar-refractivity contribution is 4.78. The van der Waals surface area contributed by atoms with Crippen LogP contribution in [0.25, 0.3) is 0 Å². The number of likely N-dealkylation sites (tertiary alicyclic amines) is 1. The summed E-state index contributed by atoms with van der Waals surface area (Å²) in [4.78, 5) is 2.66. The van der Waals surface area contributed by atoms with Crippen molar-refractivity contribution in [3.63, 3.8) is 0 Å². The lowest BCUT2D eigenvalue weighted by Crippen LogP contribution is -2.32.